The van der Waals surface area contributed by atoms with Crippen LogP contribution < -0.4 is 0 Å². The van der Waals surface area contributed by atoms with E-state index >= 15 is 0 Å². The predicted molar refractivity (Wildman–Crippen MR) is 82.7 cm³/mol. The molecule has 0 bridgehead atoms. The number of rotatable bonds is 0. The zero-order chi connectivity index (χ0) is 16.2. The molecule has 6 nitrogen and oxygen atoms in total. The molecule has 6 heteroatoms. The van der Waals surface area contributed by atoms with Gasteiger partial charge in [-0.15, -0.1) is 0 Å². The van der Waals surface area contributed by atoms with Crippen LogP contribution in [0.2, 0.25) is 0 Å². The third kappa shape index (κ3) is 2.32. The number of fused-ring (bicyclic) bond motifs is 3. The van der Waals surface area contributed by atoms with E-state index in [-0.39, 0.29) is 6.09 Å². The second kappa shape index (κ2) is 4.69. The van der Waals surface area contributed by atoms with E-state index in [9.17, 15) is 4.79 Å². The summed E-state index contributed by atoms with van der Waals surface area (Å²) < 4.78 is 7.36. The monoisotopic (exact) mass is 302 g/mol. The van der Waals surface area contributed by atoms with Crippen LogP contribution in [0.3, 0.4) is 0 Å². The number of amides is 1. The predicted octanol–water partition coefficient (Wildman–Crippen LogP) is 2.91. The van der Waals surface area contributed by atoms with Gasteiger partial charge in [0.2, 0.25) is 0 Å². The maximum Gasteiger partial charge on any atom is 0.410 e. The molecule has 118 valence electrons. The normalized spacial score (nSPS) is 14.5. The van der Waals surface area contributed by atoms with Crippen LogP contribution in [-0.4, -0.2) is 31.2 Å². The van der Waals surface area contributed by atoms with Crippen molar-refractivity contribution < 1.29 is 9.53 Å². The van der Waals surface area contributed by atoms with Crippen LogP contribution in [0, 0.1) is 20.8 Å². The van der Waals surface area contributed by atoms with E-state index < -0.39 is 5.60 Å². The molecular formula is C16H22N4O2. The number of aromatic nitrogens is 3. The molecule has 2 aromatic rings. The highest BCUT2D eigenvalue weighted by Crippen LogP contribution is 2.31. The molecule has 3 heterocycles. The Morgan fingerprint density at radius 2 is 1.77 bits per heavy atom. The highest BCUT2D eigenvalue weighted by atomic mass is 16.6. The first kappa shape index (κ1) is 14.8. The van der Waals surface area contributed by atoms with Gasteiger partial charge in [0, 0.05) is 11.3 Å². The fraction of sp³-hybridized carbons (Fsp3) is 0.562. The molecule has 0 atom stereocenters. The quantitative estimate of drug-likeness (QED) is 0.751. The summed E-state index contributed by atoms with van der Waals surface area (Å²) in [6.45, 7) is 12.7. The summed E-state index contributed by atoms with van der Waals surface area (Å²) in [4.78, 5) is 18.6. The summed E-state index contributed by atoms with van der Waals surface area (Å²) in [5.41, 5.74) is 4.84. The highest BCUT2D eigenvalue weighted by Gasteiger charge is 2.31. The van der Waals surface area contributed by atoms with Crippen molar-refractivity contribution in [3.05, 3.63) is 28.2 Å². The molecule has 0 radical (unpaired) electrons. The van der Waals surface area contributed by atoms with Crippen molar-refractivity contribution in [2.24, 2.45) is 0 Å². The van der Waals surface area contributed by atoms with Gasteiger partial charge in [-0.3, -0.25) is 4.90 Å². The van der Waals surface area contributed by atoms with Crippen molar-refractivity contribution in [3.63, 3.8) is 0 Å². The topological polar surface area (TPSA) is 59.7 Å². The Morgan fingerprint density at radius 3 is 2.41 bits per heavy atom. The molecule has 0 aliphatic carbocycles. The van der Waals surface area contributed by atoms with Crippen LogP contribution in [0.15, 0.2) is 0 Å². The Hall–Kier alpha value is -2.11. The maximum atomic E-state index is 12.3. The second-order valence-electron chi connectivity index (χ2n) is 6.90. The molecular weight excluding hydrogens is 280 g/mol. The van der Waals surface area contributed by atoms with Gasteiger partial charge in [0.1, 0.15) is 11.4 Å². The number of ether oxygens (including phenoxy) is 1. The number of carbonyl (C=O) groups excluding carboxylic acids is 1. The van der Waals surface area contributed by atoms with E-state index in [0.717, 1.165) is 22.7 Å². The molecule has 0 N–H and O–H groups in total. The summed E-state index contributed by atoms with van der Waals surface area (Å²) >= 11 is 0. The van der Waals surface area contributed by atoms with Gasteiger partial charge < -0.3 is 4.74 Å². The smallest absolute Gasteiger partial charge is 0.410 e. The number of hydrogen-bond donors (Lipinski definition) is 0. The van der Waals surface area contributed by atoms with Gasteiger partial charge in [-0.05, 0) is 52.7 Å². The molecule has 1 aliphatic rings. The van der Waals surface area contributed by atoms with E-state index in [0.29, 0.717) is 13.1 Å². The van der Waals surface area contributed by atoms with Crippen molar-refractivity contribution in [1.29, 1.82) is 0 Å². The second-order valence-corrected chi connectivity index (χ2v) is 6.90. The van der Waals surface area contributed by atoms with Crippen LogP contribution in [-0.2, 0) is 17.8 Å². The Balaban J connectivity index is 2.01. The zero-order valence-corrected chi connectivity index (χ0v) is 14.0. The van der Waals surface area contributed by atoms with Gasteiger partial charge in [-0.2, -0.15) is 5.10 Å². The molecule has 1 aliphatic heterocycles. The zero-order valence-electron chi connectivity index (χ0n) is 14.0. The highest BCUT2D eigenvalue weighted by molar-refractivity contribution is 5.71. The molecule has 0 spiro atoms. The fourth-order valence-electron chi connectivity index (χ4n) is 2.86. The lowest BCUT2D eigenvalue weighted by molar-refractivity contribution is 0.0242. The molecule has 22 heavy (non-hydrogen) atoms. The van der Waals surface area contributed by atoms with Crippen LogP contribution in [0.5, 0.6) is 0 Å². The van der Waals surface area contributed by atoms with E-state index in [2.05, 4.69) is 17.0 Å². The molecule has 2 aromatic heterocycles. The van der Waals surface area contributed by atoms with Crippen LogP contribution in [0.4, 0.5) is 4.79 Å². The first-order valence-corrected chi connectivity index (χ1v) is 7.49. The van der Waals surface area contributed by atoms with E-state index in [1.807, 2.05) is 39.1 Å². The number of aryl methyl sites for hydroxylation is 2. The van der Waals surface area contributed by atoms with Crippen molar-refractivity contribution in [2.75, 3.05) is 0 Å². The lowest BCUT2D eigenvalue weighted by Gasteiger charge is -2.24. The average Bonchev–Trinajstić information content (AvgIpc) is 2.97. The first-order chi connectivity index (χ1) is 10.2. The number of hydrogen-bond acceptors (Lipinski definition) is 4. The van der Waals surface area contributed by atoms with Crippen LogP contribution >= 0.6 is 0 Å². The average molecular weight is 302 g/mol. The molecule has 0 aromatic carbocycles. The van der Waals surface area contributed by atoms with Crippen LogP contribution in [0.25, 0.3) is 5.65 Å². The lowest BCUT2D eigenvalue weighted by atomic mass is 10.0. The van der Waals surface area contributed by atoms with Crippen molar-refractivity contribution in [1.82, 2.24) is 19.5 Å². The Kier molecular flexibility index (Phi) is 3.16. The third-order valence-electron chi connectivity index (χ3n) is 4.01. The summed E-state index contributed by atoms with van der Waals surface area (Å²) in [5, 5.41) is 4.45. The summed E-state index contributed by atoms with van der Waals surface area (Å²) in [6, 6.07) is 0. The molecule has 1 amide bonds. The summed E-state index contributed by atoms with van der Waals surface area (Å²) in [7, 11) is 0. The van der Waals surface area contributed by atoms with E-state index in [1.165, 1.54) is 11.1 Å². The van der Waals surface area contributed by atoms with Crippen LogP contribution in [0.1, 0.15) is 49.0 Å². The molecule has 3 rings (SSSR count). The fourth-order valence-corrected chi connectivity index (χ4v) is 2.86. The van der Waals surface area contributed by atoms with Gasteiger partial charge in [0.15, 0.2) is 5.65 Å². The number of pyridine rings is 1. The van der Waals surface area contributed by atoms with Crippen molar-refractivity contribution in [3.8, 4) is 0 Å². The Morgan fingerprint density at radius 1 is 1.14 bits per heavy atom. The molecule has 0 saturated carbocycles. The number of carbonyl (C=O) groups is 1. The summed E-state index contributed by atoms with van der Waals surface area (Å²) in [5.74, 6) is 0.742. The van der Waals surface area contributed by atoms with E-state index in [1.54, 1.807) is 4.90 Å². The van der Waals surface area contributed by atoms with Gasteiger partial charge in [0.05, 0.1) is 13.1 Å². The molecule has 0 saturated heterocycles. The lowest BCUT2D eigenvalue weighted by Crippen LogP contribution is -2.33. The SMILES string of the molecule is Cc1nc2c3c(c(C)c(C)n2n1)CN(C(=O)OC(C)(C)C)C3. The molecule has 0 unspecified atom stereocenters. The van der Waals surface area contributed by atoms with Gasteiger partial charge >= 0.3 is 6.09 Å². The first-order valence-electron chi connectivity index (χ1n) is 7.49. The number of nitrogens with zero attached hydrogens (tertiary/aromatic N) is 4. The standard InChI is InChI=1S/C16H22N4O2/c1-9-10(2)20-14(17-11(3)18-20)13-8-19(7-12(9)13)15(21)22-16(4,5)6/h7-8H2,1-6H3. The van der Waals surface area contributed by atoms with Crippen molar-refractivity contribution in [2.45, 2.75) is 60.2 Å². The minimum absolute atomic E-state index is 0.282. The van der Waals surface area contributed by atoms with Gasteiger partial charge in [-0.1, -0.05) is 0 Å². The summed E-state index contributed by atoms with van der Waals surface area (Å²) in [6.07, 6.45) is -0.282. The Bertz CT molecular complexity index is 771. The minimum Gasteiger partial charge on any atom is -0.444 e. The van der Waals surface area contributed by atoms with Crippen molar-refractivity contribution >= 4 is 11.7 Å². The Labute approximate surface area is 130 Å². The maximum absolute atomic E-state index is 12.3. The minimum atomic E-state index is -0.489. The third-order valence-corrected chi connectivity index (χ3v) is 4.01. The van der Waals surface area contributed by atoms with Gasteiger partial charge in [0.25, 0.3) is 0 Å². The van der Waals surface area contributed by atoms with E-state index in [4.69, 9.17) is 4.74 Å². The van der Waals surface area contributed by atoms with Gasteiger partial charge in [-0.25, -0.2) is 14.3 Å². The molecule has 0 fully saturated rings. The largest absolute Gasteiger partial charge is 0.444 e.